The van der Waals surface area contributed by atoms with E-state index in [1.807, 2.05) is 0 Å². The number of rotatable bonds is 2. The normalized spacial score (nSPS) is 12.5. The number of phenolic OH excluding ortho intramolecular Hbond substituents is 2. The van der Waals surface area contributed by atoms with Crippen LogP contribution in [0.3, 0.4) is 0 Å². The van der Waals surface area contributed by atoms with E-state index in [0.29, 0.717) is 0 Å². The molecule has 0 aliphatic heterocycles. The molecule has 4 nitrogen and oxygen atoms in total. The highest BCUT2D eigenvalue weighted by molar-refractivity contribution is 6.33. The minimum absolute atomic E-state index is 0.307. The standard InChI is InChI=1S/C9H9ClFNO3/c1-3(12)8(14)6-7(11)5(13)2-4(10)9(6)15/h2-3,13,15H,12H2,1H3. The van der Waals surface area contributed by atoms with Crippen molar-refractivity contribution in [2.75, 3.05) is 0 Å². The number of hydrogen-bond donors (Lipinski definition) is 3. The molecule has 0 saturated heterocycles. The van der Waals surface area contributed by atoms with Crippen molar-refractivity contribution in [1.82, 2.24) is 0 Å². The van der Waals surface area contributed by atoms with Gasteiger partial charge in [-0.25, -0.2) is 4.39 Å². The Balaban J connectivity index is 3.46. The number of aromatic hydroxyl groups is 2. The monoisotopic (exact) mass is 233 g/mol. The van der Waals surface area contributed by atoms with E-state index in [1.54, 1.807) is 0 Å². The molecule has 0 saturated carbocycles. The Kier molecular flexibility index (Phi) is 3.16. The minimum Gasteiger partial charge on any atom is -0.506 e. The van der Waals surface area contributed by atoms with Gasteiger partial charge in [-0.3, -0.25) is 4.79 Å². The van der Waals surface area contributed by atoms with Gasteiger partial charge in [-0.15, -0.1) is 0 Å². The first-order valence-electron chi connectivity index (χ1n) is 4.06. The fraction of sp³-hybridized carbons (Fsp3) is 0.222. The summed E-state index contributed by atoms with van der Waals surface area (Å²) in [5, 5.41) is 18.1. The second-order valence-electron chi connectivity index (χ2n) is 3.07. The van der Waals surface area contributed by atoms with Crippen molar-refractivity contribution in [1.29, 1.82) is 0 Å². The highest BCUT2D eigenvalue weighted by atomic mass is 35.5. The van der Waals surface area contributed by atoms with Crippen molar-refractivity contribution < 1.29 is 19.4 Å². The third-order valence-corrected chi connectivity index (χ3v) is 2.12. The molecule has 6 heteroatoms. The van der Waals surface area contributed by atoms with Gasteiger partial charge < -0.3 is 15.9 Å². The molecule has 82 valence electrons. The van der Waals surface area contributed by atoms with Crippen LogP contribution in [-0.4, -0.2) is 22.0 Å². The van der Waals surface area contributed by atoms with E-state index < -0.39 is 34.7 Å². The molecular weight excluding hydrogens is 225 g/mol. The fourth-order valence-electron chi connectivity index (χ4n) is 1.06. The van der Waals surface area contributed by atoms with E-state index in [9.17, 15) is 14.3 Å². The zero-order valence-electron chi connectivity index (χ0n) is 7.79. The Morgan fingerprint density at radius 2 is 2.13 bits per heavy atom. The maximum Gasteiger partial charge on any atom is 0.186 e. The topological polar surface area (TPSA) is 83.6 Å². The van der Waals surface area contributed by atoms with Gasteiger partial charge in [0.05, 0.1) is 11.1 Å². The molecule has 1 unspecified atom stereocenters. The second-order valence-corrected chi connectivity index (χ2v) is 3.48. The number of phenols is 2. The van der Waals surface area contributed by atoms with Gasteiger partial charge in [0.2, 0.25) is 0 Å². The average Bonchev–Trinajstić information content (AvgIpc) is 2.15. The summed E-state index contributed by atoms with van der Waals surface area (Å²) < 4.78 is 13.3. The highest BCUT2D eigenvalue weighted by Gasteiger charge is 2.24. The highest BCUT2D eigenvalue weighted by Crippen LogP contribution is 2.35. The van der Waals surface area contributed by atoms with Crippen LogP contribution in [0.4, 0.5) is 4.39 Å². The largest absolute Gasteiger partial charge is 0.506 e. The average molecular weight is 234 g/mol. The quantitative estimate of drug-likeness (QED) is 0.533. The number of Topliss-reactive ketones (excluding diaryl/α,β-unsaturated/α-hetero) is 1. The van der Waals surface area contributed by atoms with E-state index in [2.05, 4.69) is 0 Å². The van der Waals surface area contributed by atoms with Crippen LogP contribution in [0.2, 0.25) is 5.02 Å². The maximum atomic E-state index is 13.3. The van der Waals surface area contributed by atoms with Gasteiger partial charge in [0, 0.05) is 6.07 Å². The molecule has 0 aliphatic rings. The Morgan fingerprint density at radius 1 is 1.60 bits per heavy atom. The van der Waals surface area contributed by atoms with Gasteiger partial charge >= 0.3 is 0 Å². The van der Waals surface area contributed by atoms with Crippen LogP contribution >= 0.6 is 11.6 Å². The number of nitrogens with two attached hydrogens (primary N) is 1. The van der Waals surface area contributed by atoms with Crippen LogP contribution in [0.15, 0.2) is 6.07 Å². The van der Waals surface area contributed by atoms with Gasteiger partial charge in [0.1, 0.15) is 11.3 Å². The molecule has 0 aliphatic carbocycles. The lowest BCUT2D eigenvalue weighted by molar-refractivity contribution is 0.0960. The zero-order valence-corrected chi connectivity index (χ0v) is 8.55. The third-order valence-electron chi connectivity index (χ3n) is 1.83. The number of benzene rings is 1. The van der Waals surface area contributed by atoms with E-state index in [0.717, 1.165) is 6.07 Å². The lowest BCUT2D eigenvalue weighted by Gasteiger charge is -2.10. The first-order valence-corrected chi connectivity index (χ1v) is 4.43. The number of carbonyl (C=O) groups is 1. The lowest BCUT2D eigenvalue weighted by atomic mass is 10.0. The lowest BCUT2D eigenvalue weighted by Crippen LogP contribution is -2.27. The van der Waals surface area contributed by atoms with E-state index in [1.165, 1.54) is 6.92 Å². The summed E-state index contributed by atoms with van der Waals surface area (Å²) in [6.45, 7) is 1.33. The van der Waals surface area contributed by atoms with Crippen molar-refractivity contribution in [2.24, 2.45) is 5.73 Å². The van der Waals surface area contributed by atoms with Gasteiger partial charge in [-0.2, -0.15) is 0 Å². The van der Waals surface area contributed by atoms with Crippen LogP contribution in [0.5, 0.6) is 11.5 Å². The molecule has 1 aromatic carbocycles. The minimum atomic E-state index is -1.22. The van der Waals surface area contributed by atoms with Crippen molar-refractivity contribution >= 4 is 17.4 Å². The van der Waals surface area contributed by atoms with Crippen LogP contribution in [-0.2, 0) is 0 Å². The third kappa shape index (κ3) is 2.03. The molecule has 1 atom stereocenters. The Hall–Kier alpha value is -1.33. The van der Waals surface area contributed by atoms with Crippen molar-refractivity contribution in [3.63, 3.8) is 0 Å². The molecule has 0 heterocycles. The first kappa shape index (κ1) is 11.7. The summed E-state index contributed by atoms with van der Waals surface area (Å²) >= 11 is 5.47. The molecule has 1 rings (SSSR count). The number of hydrogen-bond acceptors (Lipinski definition) is 4. The fourth-order valence-corrected chi connectivity index (χ4v) is 1.25. The molecule has 0 radical (unpaired) electrons. The molecule has 0 amide bonds. The Bertz CT molecular complexity index is 394. The summed E-state index contributed by atoms with van der Waals surface area (Å²) in [5.74, 6) is -3.57. The molecule has 0 spiro atoms. The maximum absolute atomic E-state index is 13.3. The van der Waals surface area contributed by atoms with Crippen LogP contribution in [0.1, 0.15) is 17.3 Å². The van der Waals surface area contributed by atoms with E-state index in [4.69, 9.17) is 22.4 Å². The smallest absolute Gasteiger partial charge is 0.186 e. The Morgan fingerprint density at radius 3 is 2.60 bits per heavy atom. The predicted molar refractivity (Wildman–Crippen MR) is 52.7 cm³/mol. The first-order chi connectivity index (χ1) is 6.86. The summed E-state index contributed by atoms with van der Waals surface area (Å²) in [6, 6.07) is -0.187. The number of ketones is 1. The molecule has 1 aromatic rings. The van der Waals surface area contributed by atoms with Gasteiger partial charge in [0.25, 0.3) is 0 Å². The van der Waals surface area contributed by atoms with Crippen molar-refractivity contribution in [2.45, 2.75) is 13.0 Å². The van der Waals surface area contributed by atoms with Crippen LogP contribution < -0.4 is 5.73 Å². The summed E-state index contributed by atoms with van der Waals surface area (Å²) in [7, 11) is 0. The van der Waals surface area contributed by atoms with Crippen LogP contribution in [0.25, 0.3) is 0 Å². The van der Waals surface area contributed by atoms with Gasteiger partial charge in [-0.1, -0.05) is 11.6 Å². The number of halogens is 2. The summed E-state index contributed by atoms with van der Waals surface area (Å²) in [6.07, 6.45) is 0. The molecule has 0 bridgehead atoms. The summed E-state index contributed by atoms with van der Waals surface area (Å²) in [5.41, 5.74) is 4.57. The molecule has 4 N–H and O–H groups in total. The van der Waals surface area contributed by atoms with Gasteiger partial charge in [-0.05, 0) is 6.92 Å². The summed E-state index contributed by atoms with van der Waals surface area (Å²) in [4.78, 5) is 11.4. The molecule has 0 fully saturated rings. The molecule has 0 aromatic heterocycles. The number of carbonyl (C=O) groups excluding carboxylic acids is 1. The van der Waals surface area contributed by atoms with Crippen molar-refractivity contribution in [3.05, 3.63) is 22.5 Å². The molecule has 15 heavy (non-hydrogen) atoms. The van der Waals surface area contributed by atoms with E-state index >= 15 is 0 Å². The second kappa shape index (κ2) is 4.04. The van der Waals surface area contributed by atoms with E-state index in [-0.39, 0.29) is 5.02 Å². The van der Waals surface area contributed by atoms with Crippen LogP contribution in [0, 0.1) is 5.82 Å². The predicted octanol–water partition coefficient (Wildman–Crippen LogP) is 1.42. The molecular formula is C9H9ClFNO3. The Labute approximate surface area is 90.1 Å². The van der Waals surface area contributed by atoms with Gasteiger partial charge in [0.15, 0.2) is 17.3 Å². The van der Waals surface area contributed by atoms with Crippen molar-refractivity contribution in [3.8, 4) is 11.5 Å². The zero-order chi connectivity index (χ0) is 11.7. The SMILES string of the molecule is CC(N)C(=O)c1c(O)c(Cl)cc(O)c1F.